The normalized spacial score (nSPS) is 16.6. The van der Waals surface area contributed by atoms with Crippen LogP contribution in [-0.2, 0) is 11.2 Å². The standard InChI is InChI=1S/C28H24N6O2/c35-27-24(32-28(36)33-27)15-21-17-29-34-25(30-22-12-13-22)16-23(31-26(21)34)14-20-10-8-19(9-11-20)7-6-18-4-2-1-3-5-18/h1-11,15-17,22,30H,12-14H2,(H2,32,33,35,36)/b7-6+,24-15-. The van der Waals surface area contributed by atoms with Gasteiger partial charge < -0.3 is 10.6 Å². The Labute approximate surface area is 207 Å². The minimum atomic E-state index is -0.533. The summed E-state index contributed by atoms with van der Waals surface area (Å²) in [5, 5.41) is 12.8. The molecule has 0 atom stereocenters. The molecule has 2 aromatic heterocycles. The fourth-order valence-electron chi connectivity index (χ4n) is 4.11. The molecule has 8 nitrogen and oxygen atoms in total. The Morgan fingerprint density at radius 2 is 1.72 bits per heavy atom. The molecule has 1 saturated carbocycles. The van der Waals surface area contributed by atoms with Crippen molar-refractivity contribution in [3.63, 3.8) is 0 Å². The highest BCUT2D eigenvalue weighted by Gasteiger charge is 2.25. The molecule has 3 heterocycles. The molecule has 2 fully saturated rings. The molecule has 178 valence electrons. The van der Waals surface area contributed by atoms with Gasteiger partial charge in [0.05, 0.1) is 11.9 Å². The Morgan fingerprint density at radius 1 is 0.972 bits per heavy atom. The van der Waals surface area contributed by atoms with Crippen LogP contribution in [0.25, 0.3) is 23.9 Å². The maximum absolute atomic E-state index is 12.0. The fourth-order valence-corrected chi connectivity index (χ4v) is 4.11. The van der Waals surface area contributed by atoms with Crippen molar-refractivity contribution in [3.8, 4) is 0 Å². The van der Waals surface area contributed by atoms with Gasteiger partial charge in [0, 0.05) is 24.1 Å². The first-order chi connectivity index (χ1) is 17.6. The van der Waals surface area contributed by atoms with Gasteiger partial charge in [0.2, 0.25) is 0 Å². The van der Waals surface area contributed by atoms with Crippen LogP contribution in [0, 0.1) is 0 Å². The second-order valence-corrected chi connectivity index (χ2v) is 9.02. The lowest BCUT2D eigenvalue weighted by molar-refractivity contribution is -0.115. The first-order valence-corrected chi connectivity index (χ1v) is 11.9. The molecule has 3 N–H and O–H groups in total. The summed E-state index contributed by atoms with van der Waals surface area (Å²) < 4.78 is 1.75. The number of anilines is 1. The minimum Gasteiger partial charge on any atom is -0.367 e. The number of carbonyl (C=O) groups excluding carboxylic acids is 2. The lowest BCUT2D eigenvalue weighted by Crippen LogP contribution is -2.22. The van der Waals surface area contributed by atoms with Gasteiger partial charge in [-0.2, -0.15) is 9.61 Å². The number of nitrogens with one attached hydrogen (secondary N) is 3. The topological polar surface area (TPSA) is 100 Å². The molecule has 8 heteroatoms. The Morgan fingerprint density at radius 3 is 2.42 bits per heavy atom. The summed E-state index contributed by atoms with van der Waals surface area (Å²) in [5.41, 5.74) is 5.78. The number of amides is 3. The van der Waals surface area contributed by atoms with E-state index in [9.17, 15) is 9.59 Å². The molecule has 0 spiro atoms. The quantitative estimate of drug-likeness (QED) is 0.210. The number of nitrogens with zero attached hydrogens (tertiary/aromatic N) is 3. The van der Waals surface area contributed by atoms with Crippen LogP contribution >= 0.6 is 0 Å². The molecule has 6 rings (SSSR count). The van der Waals surface area contributed by atoms with Crippen LogP contribution in [0.5, 0.6) is 0 Å². The molecule has 1 aliphatic carbocycles. The van der Waals surface area contributed by atoms with Gasteiger partial charge in [-0.15, -0.1) is 0 Å². The molecule has 4 aromatic rings. The van der Waals surface area contributed by atoms with Gasteiger partial charge in [-0.3, -0.25) is 10.1 Å². The minimum absolute atomic E-state index is 0.179. The molecule has 2 aromatic carbocycles. The van der Waals surface area contributed by atoms with Crippen molar-refractivity contribution < 1.29 is 9.59 Å². The molecule has 1 aliphatic heterocycles. The van der Waals surface area contributed by atoms with Crippen molar-refractivity contribution in [2.75, 3.05) is 5.32 Å². The van der Waals surface area contributed by atoms with E-state index in [0.29, 0.717) is 23.7 Å². The summed E-state index contributed by atoms with van der Waals surface area (Å²) in [6.07, 6.45) is 10.4. The van der Waals surface area contributed by atoms with E-state index in [0.717, 1.165) is 41.0 Å². The molecule has 36 heavy (non-hydrogen) atoms. The summed E-state index contributed by atoms with van der Waals surface area (Å²) in [4.78, 5) is 28.4. The number of aromatic nitrogens is 3. The maximum atomic E-state index is 12.0. The van der Waals surface area contributed by atoms with E-state index >= 15 is 0 Å². The van der Waals surface area contributed by atoms with Crippen LogP contribution in [0.3, 0.4) is 0 Å². The molecular weight excluding hydrogens is 452 g/mol. The number of urea groups is 1. The molecular formula is C28H24N6O2. The van der Waals surface area contributed by atoms with E-state index in [-0.39, 0.29) is 5.70 Å². The monoisotopic (exact) mass is 476 g/mol. The van der Waals surface area contributed by atoms with Gasteiger partial charge in [-0.05, 0) is 35.6 Å². The molecule has 1 saturated heterocycles. The Bertz CT molecular complexity index is 1520. The first-order valence-electron chi connectivity index (χ1n) is 11.9. The lowest BCUT2D eigenvalue weighted by Gasteiger charge is -2.10. The number of imide groups is 1. The Balaban J connectivity index is 1.28. The van der Waals surface area contributed by atoms with E-state index in [1.165, 1.54) is 0 Å². The summed E-state index contributed by atoms with van der Waals surface area (Å²) in [5.74, 6) is 0.401. The number of carbonyl (C=O) groups is 2. The van der Waals surface area contributed by atoms with E-state index in [1.807, 2.05) is 24.3 Å². The van der Waals surface area contributed by atoms with Gasteiger partial charge in [-0.25, -0.2) is 9.78 Å². The van der Waals surface area contributed by atoms with E-state index < -0.39 is 11.9 Å². The highest BCUT2D eigenvalue weighted by molar-refractivity contribution is 6.14. The number of hydrogen-bond donors (Lipinski definition) is 3. The molecule has 0 radical (unpaired) electrons. The first kappa shape index (κ1) is 21.8. The van der Waals surface area contributed by atoms with Crippen molar-refractivity contribution in [2.24, 2.45) is 0 Å². The zero-order chi connectivity index (χ0) is 24.5. The smallest absolute Gasteiger partial charge is 0.326 e. The van der Waals surface area contributed by atoms with Crippen molar-refractivity contribution in [2.45, 2.75) is 25.3 Å². The summed E-state index contributed by atoms with van der Waals surface area (Å²) in [6.45, 7) is 0. The lowest BCUT2D eigenvalue weighted by atomic mass is 10.1. The number of rotatable bonds is 7. The summed E-state index contributed by atoms with van der Waals surface area (Å²) in [6, 6.07) is 20.6. The third-order valence-corrected chi connectivity index (χ3v) is 6.13. The summed E-state index contributed by atoms with van der Waals surface area (Å²) in [7, 11) is 0. The largest absolute Gasteiger partial charge is 0.367 e. The highest BCUT2D eigenvalue weighted by atomic mass is 16.2. The summed E-state index contributed by atoms with van der Waals surface area (Å²) >= 11 is 0. The third kappa shape index (κ3) is 4.74. The fraction of sp³-hybridized carbons (Fsp3) is 0.143. The molecule has 3 amide bonds. The van der Waals surface area contributed by atoms with Crippen LogP contribution in [-0.4, -0.2) is 32.6 Å². The van der Waals surface area contributed by atoms with Crippen LogP contribution in [0.4, 0.5) is 10.6 Å². The van der Waals surface area contributed by atoms with Gasteiger partial charge in [0.15, 0.2) is 5.65 Å². The van der Waals surface area contributed by atoms with E-state index in [4.69, 9.17) is 4.98 Å². The molecule has 0 unspecified atom stereocenters. The Kier molecular flexibility index (Phi) is 5.53. The number of benzene rings is 2. The SMILES string of the molecule is O=C1NC(=O)/C(=C/c2cnn3c(NC4CC4)cc(Cc4ccc(/C=C/c5ccccc5)cc4)nc23)N1. The number of hydrogen-bond acceptors (Lipinski definition) is 5. The number of fused-ring (bicyclic) bond motifs is 1. The van der Waals surface area contributed by atoms with Gasteiger partial charge in [0.25, 0.3) is 5.91 Å². The van der Waals surface area contributed by atoms with Crippen molar-refractivity contribution in [3.05, 3.63) is 101 Å². The van der Waals surface area contributed by atoms with E-state index in [1.54, 1.807) is 16.8 Å². The van der Waals surface area contributed by atoms with Crippen molar-refractivity contribution in [1.82, 2.24) is 25.2 Å². The zero-order valence-electron chi connectivity index (χ0n) is 19.4. The highest BCUT2D eigenvalue weighted by Crippen LogP contribution is 2.27. The average Bonchev–Trinajstić information content (AvgIpc) is 3.52. The Hall–Kier alpha value is -4.72. The van der Waals surface area contributed by atoms with Gasteiger partial charge in [0.1, 0.15) is 11.5 Å². The van der Waals surface area contributed by atoms with Gasteiger partial charge in [-0.1, -0.05) is 66.7 Å². The van der Waals surface area contributed by atoms with E-state index in [2.05, 4.69) is 69.6 Å². The van der Waals surface area contributed by atoms with Gasteiger partial charge >= 0.3 is 6.03 Å². The molecule has 0 bridgehead atoms. The second kappa shape index (κ2) is 9.14. The van der Waals surface area contributed by atoms with Crippen molar-refractivity contribution in [1.29, 1.82) is 0 Å². The third-order valence-electron chi connectivity index (χ3n) is 6.13. The average molecular weight is 477 g/mol. The van der Waals surface area contributed by atoms with Crippen LogP contribution < -0.4 is 16.0 Å². The van der Waals surface area contributed by atoms with Crippen molar-refractivity contribution >= 4 is 41.6 Å². The predicted molar refractivity (Wildman–Crippen MR) is 139 cm³/mol. The predicted octanol–water partition coefficient (Wildman–Crippen LogP) is 4.25. The zero-order valence-corrected chi connectivity index (χ0v) is 19.4. The van der Waals surface area contributed by atoms with Crippen LogP contribution in [0.2, 0.25) is 0 Å². The maximum Gasteiger partial charge on any atom is 0.326 e. The van der Waals surface area contributed by atoms with Crippen LogP contribution in [0.15, 0.2) is 72.6 Å². The molecule has 2 aliphatic rings. The second-order valence-electron chi connectivity index (χ2n) is 9.02. The van der Waals surface area contributed by atoms with Crippen LogP contribution in [0.1, 0.15) is 40.8 Å².